The summed E-state index contributed by atoms with van der Waals surface area (Å²) < 4.78 is 5.82. The standard InChI is InChI=1S/C17H31N3O4/c1-20(2)16(22)10-13-8-9-14(15(11-21)24-13)19-17(23)18-12-6-4-3-5-7-12/h12-15,21H,3-11H2,1-2H3,(H2,18,19,23)/t13-,14-,15-/m0/s1. The van der Waals surface area contributed by atoms with Crippen LogP contribution in [0, 0.1) is 0 Å². The Morgan fingerprint density at radius 2 is 1.79 bits per heavy atom. The summed E-state index contributed by atoms with van der Waals surface area (Å²) in [5.41, 5.74) is 0. The summed E-state index contributed by atoms with van der Waals surface area (Å²) in [7, 11) is 3.43. The van der Waals surface area contributed by atoms with Gasteiger partial charge in [-0.15, -0.1) is 0 Å². The van der Waals surface area contributed by atoms with Gasteiger partial charge in [0, 0.05) is 20.1 Å². The number of aliphatic hydroxyl groups is 1. The third kappa shape index (κ3) is 5.63. The summed E-state index contributed by atoms with van der Waals surface area (Å²) in [5, 5.41) is 15.5. The van der Waals surface area contributed by atoms with Crippen LogP contribution in [0.15, 0.2) is 0 Å². The molecule has 0 bridgehead atoms. The highest BCUT2D eigenvalue weighted by Gasteiger charge is 2.33. The Balaban J connectivity index is 1.78. The van der Waals surface area contributed by atoms with Crippen molar-refractivity contribution in [1.82, 2.24) is 15.5 Å². The van der Waals surface area contributed by atoms with E-state index in [0.29, 0.717) is 19.3 Å². The van der Waals surface area contributed by atoms with Crippen molar-refractivity contribution in [3.63, 3.8) is 0 Å². The maximum Gasteiger partial charge on any atom is 0.315 e. The zero-order valence-electron chi connectivity index (χ0n) is 14.8. The highest BCUT2D eigenvalue weighted by atomic mass is 16.5. The van der Waals surface area contributed by atoms with E-state index >= 15 is 0 Å². The second-order valence-corrected chi connectivity index (χ2v) is 7.11. The lowest BCUT2D eigenvalue weighted by molar-refractivity contribution is -0.137. The van der Waals surface area contributed by atoms with Crippen LogP contribution < -0.4 is 10.6 Å². The summed E-state index contributed by atoms with van der Waals surface area (Å²) in [5.74, 6) is 0.0122. The van der Waals surface area contributed by atoms with E-state index in [2.05, 4.69) is 10.6 Å². The number of rotatable bonds is 5. The monoisotopic (exact) mass is 341 g/mol. The Hall–Kier alpha value is -1.34. The highest BCUT2D eigenvalue weighted by Crippen LogP contribution is 2.22. The number of nitrogens with zero attached hydrogens (tertiary/aromatic N) is 1. The Bertz CT molecular complexity index is 424. The van der Waals surface area contributed by atoms with Crippen molar-refractivity contribution in [2.24, 2.45) is 0 Å². The minimum Gasteiger partial charge on any atom is -0.394 e. The molecule has 0 aromatic rings. The predicted octanol–water partition coefficient (Wildman–Crippen LogP) is 1.01. The zero-order valence-corrected chi connectivity index (χ0v) is 14.8. The summed E-state index contributed by atoms with van der Waals surface area (Å²) in [4.78, 5) is 25.5. The molecular weight excluding hydrogens is 310 g/mol. The van der Waals surface area contributed by atoms with Gasteiger partial charge in [-0.05, 0) is 25.7 Å². The summed E-state index contributed by atoms with van der Waals surface area (Å²) in [6.45, 7) is -0.166. The molecule has 0 spiro atoms. The molecule has 0 radical (unpaired) electrons. The Morgan fingerprint density at radius 3 is 2.42 bits per heavy atom. The summed E-state index contributed by atoms with van der Waals surface area (Å²) >= 11 is 0. The van der Waals surface area contributed by atoms with Crippen LogP contribution in [0.25, 0.3) is 0 Å². The van der Waals surface area contributed by atoms with Gasteiger partial charge in [-0.2, -0.15) is 0 Å². The second kappa shape index (κ2) is 9.22. The minimum atomic E-state index is -0.462. The van der Waals surface area contributed by atoms with Crippen LogP contribution in [0.5, 0.6) is 0 Å². The molecule has 1 saturated heterocycles. The van der Waals surface area contributed by atoms with E-state index in [1.165, 1.54) is 19.3 Å². The fourth-order valence-electron chi connectivity index (χ4n) is 3.47. The first-order chi connectivity index (χ1) is 11.5. The van der Waals surface area contributed by atoms with Gasteiger partial charge in [0.05, 0.1) is 25.2 Å². The molecule has 1 saturated carbocycles. The first-order valence-electron chi connectivity index (χ1n) is 9.03. The number of carbonyl (C=O) groups is 2. The number of nitrogens with one attached hydrogen (secondary N) is 2. The van der Waals surface area contributed by atoms with Gasteiger partial charge >= 0.3 is 6.03 Å². The molecule has 1 aliphatic carbocycles. The number of ether oxygens (including phenoxy) is 1. The highest BCUT2D eigenvalue weighted by molar-refractivity contribution is 5.76. The summed E-state index contributed by atoms with van der Waals surface area (Å²) in [6.07, 6.45) is 6.70. The molecule has 3 atom stereocenters. The Morgan fingerprint density at radius 1 is 1.08 bits per heavy atom. The molecule has 7 nitrogen and oxygen atoms in total. The SMILES string of the molecule is CN(C)C(=O)C[C@@H]1CC[C@H](NC(=O)NC2CCCCC2)[C@H](CO)O1. The fourth-order valence-corrected chi connectivity index (χ4v) is 3.47. The zero-order chi connectivity index (χ0) is 17.5. The molecule has 0 aromatic carbocycles. The number of aliphatic hydroxyl groups excluding tert-OH is 1. The fraction of sp³-hybridized carbons (Fsp3) is 0.882. The van der Waals surface area contributed by atoms with Crippen LogP contribution >= 0.6 is 0 Å². The molecule has 0 unspecified atom stereocenters. The van der Waals surface area contributed by atoms with Gasteiger partial charge in [0.2, 0.25) is 5.91 Å². The van der Waals surface area contributed by atoms with Crippen molar-refractivity contribution in [3.8, 4) is 0 Å². The van der Waals surface area contributed by atoms with Crippen molar-refractivity contribution in [1.29, 1.82) is 0 Å². The third-order valence-corrected chi connectivity index (χ3v) is 4.95. The normalized spacial score (nSPS) is 28.2. The molecule has 1 heterocycles. The van der Waals surface area contributed by atoms with Crippen molar-refractivity contribution in [2.45, 2.75) is 75.7 Å². The maximum absolute atomic E-state index is 12.2. The maximum atomic E-state index is 12.2. The average Bonchev–Trinajstić information content (AvgIpc) is 2.56. The first-order valence-corrected chi connectivity index (χ1v) is 9.03. The van der Waals surface area contributed by atoms with Crippen LogP contribution in [0.3, 0.4) is 0 Å². The van der Waals surface area contributed by atoms with Crippen molar-refractivity contribution >= 4 is 11.9 Å². The second-order valence-electron chi connectivity index (χ2n) is 7.11. The van der Waals surface area contributed by atoms with E-state index < -0.39 is 6.10 Å². The van der Waals surface area contributed by atoms with E-state index in [0.717, 1.165) is 12.8 Å². The number of hydrogen-bond acceptors (Lipinski definition) is 4. The van der Waals surface area contributed by atoms with Gasteiger partial charge in [-0.1, -0.05) is 19.3 Å². The minimum absolute atomic E-state index is 0.0122. The van der Waals surface area contributed by atoms with Gasteiger partial charge in [0.15, 0.2) is 0 Å². The van der Waals surface area contributed by atoms with Crippen molar-refractivity contribution in [3.05, 3.63) is 0 Å². The molecule has 2 aliphatic rings. The molecule has 3 amide bonds. The lowest BCUT2D eigenvalue weighted by Gasteiger charge is -2.36. The van der Waals surface area contributed by atoms with E-state index in [9.17, 15) is 14.7 Å². The molecule has 1 aliphatic heterocycles. The van der Waals surface area contributed by atoms with Gasteiger partial charge in [0.1, 0.15) is 6.10 Å². The van der Waals surface area contributed by atoms with Crippen LogP contribution in [-0.2, 0) is 9.53 Å². The Kier molecular flexibility index (Phi) is 7.30. The molecule has 2 rings (SSSR count). The molecule has 0 aromatic heterocycles. The Labute approximate surface area is 144 Å². The van der Waals surface area contributed by atoms with Crippen LogP contribution in [0.1, 0.15) is 51.4 Å². The number of hydrogen-bond donors (Lipinski definition) is 3. The molecule has 7 heteroatoms. The van der Waals surface area contributed by atoms with E-state index in [4.69, 9.17) is 4.74 Å². The van der Waals surface area contributed by atoms with Gasteiger partial charge in [-0.3, -0.25) is 4.79 Å². The van der Waals surface area contributed by atoms with Gasteiger partial charge < -0.3 is 25.4 Å². The van der Waals surface area contributed by atoms with Gasteiger partial charge in [-0.25, -0.2) is 4.79 Å². The van der Waals surface area contributed by atoms with Gasteiger partial charge in [0.25, 0.3) is 0 Å². The molecular formula is C17H31N3O4. The predicted molar refractivity (Wildman–Crippen MR) is 90.6 cm³/mol. The number of amides is 3. The van der Waals surface area contributed by atoms with Crippen LogP contribution in [-0.4, -0.2) is 66.9 Å². The third-order valence-electron chi connectivity index (χ3n) is 4.95. The largest absolute Gasteiger partial charge is 0.394 e. The van der Waals surface area contributed by atoms with Crippen LogP contribution in [0.4, 0.5) is 4.79 Å². The molecule has 3 N–H and O–H groups in total. The summed E-state index contributed by atoms with van der Waals surface area (Å²) in [6, 6.07) is -0.151. The van der Waals surface area contributed by atoms with E-state index in [1.54, 1.807) is 19.0 Å². The lowest BCUT2D eigenvalue weighted by Crippen LogP contribution is -2.55. The topological polar surface area (TPSA) is 90.9 Å². The molecule has 24 heavy (non-hydrogen) atoms. The van der Waals surface area contributed by atoms with E-state index in [1.807, 2.05) is 0 Å². The average molecular weight is 341 g/mol. The van der Waals surface area contributed by atoms with Crippen molar-refractivity contribution < 1.29 is 19.4 Å². The van der Waals surface area contributed by atoms with Crippen molar-refractivity contribution in [2.75, 3.05) is 20.7 Å². The molecule has 2 fully saturated rings. The molecule has 138 valence electrons. The lowest BCUT2D eigenvalue weighted by atomic mass is 9.95. The number of urea groups is 1. The first kappa shape index (κ1) is 19.0. The quantitative estimate of drug-likeness (QED) is 0.696. The van der Waals surface area contributed by atoms with E-state index in [-0.39, 0.29) is 36.7 Å². The smallest absolute Gasteiger partial charge is 0.315 e. The van der Waals surface area contributed by atoms with Crippen LogP contribution in [0.2, 0.25) is 0 Å². The number of carbonyl (C=O) groups excluding carboxylic acids is 2.